The average Bonchev–Trinajstić information content (AvgIpc) is 2.83. The van der Waals surface area contributed by atoms with Crippen molar-refractivity contribution in [3.8, 4) is 0 Å². The van der Waals surface area contributed by atoms with Crippen LogP contribution in [0, 0.1) is 29.6 Å². The van der Waals surface area contributed by atoms with Crippen molar-refractivity contribution in [3.05, 3.63) is 0 Å². The lowest BCUT2D eigenvalue weighted by atomic mass is 9.72. The molecule has 0 bridgehead atoms. The van der Waals surface area contributed by atoms with Crippen molar-refractivity contribution in [2.45, 2.75) is 84.0 Å². The molecule has 3 saturated carbocycles. The highest BCUT2D eigenvalue weighted by molar-refractivity contribution is 4.89. The van der Waals surface area contributed by atoms with Crippen molar-refractivity contribution in [1.29, 1.82) is 0 Å². The predicted molar refractivity (Wildman–Crippen MR) is 78.5 cm³/mol. The monoisotopic (exact) mass is 248 g/mol. The van der Waals surface area contributed by atoms with Gasteiger partial charge >= 0.3 is 0 Å². The molecule has 104 valence electrons. The zero-order chi connectivity index (χ0) is 12.4. The van der Waals surface area contributed by atoms with Gasteiger partial charge in [0.15, 0.2) is 0 Å². The van der Waals surface area contributed by atoms with Gasteiger partial charge in [-0.05, 0) is 55.3 Å². The SMILES string of the molecule is CC(CC1CCC2CCCCC21)C1CCCCC1. The Morgan fingerprint density at radius 3 is 2.33 bits per heavy atom. The number of rotatable bonds is 3. The fourth-order valence-corrected chi connectivity index (χ4v) is 5.52. The first kappa shape index (κ1) is 13.0. The van der Waals surface area contributed by atoms with Crippen molar-refractivity contribution in [1.82, 2.24) is 0 Å². The first-order valence-electron chi connectivity index (χ1n) is 8.84. The van der Waals surface area contributed by atoms with Gasteiger partial charge < -0.3 is 0 Å². The lowest BCUT2D eigenvalue weighted by Gasteiger charge is -2.34. The minimum atomic E-state index is 1.02. The average molecular weight is 248 g/mol. The van der Waals surface area contributed by atoms with Crippen molar-refractivity contribution in [2.75, 3.05) is 0 Å². The second-order valence-corrected chi connectivity index (χ2v) is 7.66. The summed E-state index contributed by atoms with van der Waals surface area (Å²) in [5.41, 5.74) is 0. The molecule has 0 amide bonds. The van der Waals surface area contributed by atoms with Gasteiger partial charge in [-0.3, -0.25) is 0 Å². The fraction of sp³-hybridized carbons (Fsp3) is 1.00. The minimum absolute atomic E-state index is 1.02. The van der Waals surface area contributed by atoms with Crippen LogP contribution >= 0.6 is 0 Å². The van der Waals surface area contributed by atoms with Gasteiger partial charge in [-0.15, -0.1) is 0 Å². The van der Waals surface area contributed by atoms with Crippen LogP contribution in [0.1, 0.15) is 84.0 Å². The van der Waals surface area contributed by atoms with Gasteiger partial charge in [0.1, 0.15) is 0 Å². The molecule has 3 aliphatic carbocycles. The van der Waals surface area contributed by atoms with Crippen molar-refractivity contribution in [2.24, 2.45) is 29.6 Å². The van der Waals surface area contributed by atoms with Crippen LogP contribution in [-0.4, -0.2) is 0 Å². The Morgan fingerprint density at radius 1 is 0.778 bits per heavy atom. The maximum Gasteiger partial charge on any atom is -0.0357 e. The maximum absolute atomic E-state index is 2.58. The molecule has 4 atom stereocenters. The first-order valence-corrected chi connectivity index (χ1v) is 8.84. The molecule has 0 spiro atoms. The van der Waals surface area contributed by atoms with E-state index in [0.717, 1.165) is 29.6 Å². The molecule has 0 aromatic carbocycles. The van der Waals surface area contributed by atoms with Gasteiger partial charge in [0.25, 0.3) is 0 Å². The van der Waals surface area contributed by atoms with Gasteiger partial charge in [0.2, 0.25) is 0 Å². The van der Waals surface area contributed by atoms with Gasteiger partial charge in [-0.1, -0.05) is 58.3 Å². The van der Waals surface area contributed by atoms with Crippen LogP contribution in [0.3, 0.4) is 0 Å². The van der Waals surface area contributed by atoms with Crippen molar-refractivity contribution < 1.29 is 0 Å². The van der Waals surface area contributed by atoms with E-state index in [0.29, 0.717) is 0 Å². The highest BCUT2D eigenvalue weighted by Crippen LogP contribution is 2.49. The summed E-state index contributed by atoms with van der Waals surface area (Å²) in [6, 6.07) is 0. The number of fused-ring (bicyclic) bond motifs is 1. The Bertz CT molecular complexity index is 251. The zero-order valence-corrected chi connectivity index (χ0v) is 12.4. The third-order valence-electron chi connectivity index (χ3n) is 6.61. The highest BCUT2D eigenvalue weighted by atomic mass is 14.4. The molecule has 0 heterocycles. The largest absolute Gasteiger partial charge is 0.0622 e. The van der Waals surface area contributed by atoms with Crippen LogP contribution in [0.2, 0.25) is 0 Å². The van der Waals surface area contributed by atoms with Crippen LogP contribution in [0.15, 0.2) is 0 Å². The molecule has 0 nitrogen and oxygen atoms in total. The lowest BCUT2D eigenvalue weighted by molar-refractivity contribution is 0.171. The van der Waals surface area contributed by atoms with E-state index in [1.807, 2.05) is 0 Å². The maximum atomic E-state index is 2.58. The minimum Gasteiger partial charge on any atom is -0.0622 e. The van der Waals surface area contributed by atoms with Crippen LogP contribution in [0.4, 0.5) is 0 Å². The number of hydrogen-bond acceptors (Lipinski definition) is 0. The van der Waals surface area contributed by atoms with Crippen molar-refractivity contribution in [3.63, 3.8) is 0 Å². The molecule has 0 heteroatoms. The van der Waals surface area contributed by atoms with E-state index >= 15 is 0 Å². The predicted octanol–water partition coefficient (Wildman–Crippen LogP) is 5.81. The normalized spacial score (nSPS) is 39.5. The standard InChI is InChI=1S/C18H32/c1-14(15-7-3-2-4-8-15)13-17-12-11-16-9-5-6-10-18(16)17/h14-18H,2-13H2,1H3. The molecule has 3 fully saturated rings. The zero-order valence-electron chi connectivity index (χ0n) is 12.4. The molecule has 18 heavy (non-hydrogen) atoms. The summed E-state index contributed by atoms with van der Waals surface area (Å²) in [6.45, 7) is 2.58. The van der Waals surface area contributed by atoms with Crippen LogP contribution in [-0.2, 0) is 0 Å². The third kappa shape index (κ3) is 2.78. The lowest BCUT2D eigenvalue weighted by Crippen LogP contribution is -2.23. The van der Waals surface area contributed by atoms with Crippen molar-refractivity contribution >= 4 is 0 Å². The fourth-order valence-electron chi connectivity index (χ4n) is 5.52. The smallest absolute Gasteiger partial charge is 0.0357 e. The summed E-state index contributed by atoms with van der Waals surface area (Å²) in [7, 11) is 0. The second-order valence-electron chi connectivity index (χ2n) is 7.66. The van der Waals surface area contributed by atoms with Crippen LogP contribution < -0.4 is 0 Å². The summed E-state index contributed by atoms with van der Waals surface area (Å²) in [5, 5.41) is 0. The molecule has 4 unspecified atom stereocenters. The summed E-state index contributed by atoms with van der Waals surface area (Å²) in [6.07, 6.45) is 18.6. The van der Waals surface area contributed by atoms with E-state index in [2.05, 4.69) is 6.92 Å². The summed E-state index contributed by atoms with van der Waals surface area (Å²) in [5.74, 6) is 5.51. The van der Waals surface area contributed by atoms with E-state index in [-0.39, 0.29) is 0 Å². The van der Waals surface area contributed by atoms with E-state index < -0.39 is 0 Å². The van der Waals surface area contributed by atoms with Gasteiger partial charge in [-0.25, -0.2) is 0 Å². The molecule has 0 N–H and O–H groups in total. The van der Waals surface area contributed by atoms with Gasteiger partial charge in [0, 0.05) is 0 Å². The Morgan fingerprint density at radius 2 is 1.50 bits per heavy atom. The molecule has 3 aliphatic rings. The molecular formula is C18H32. The topological polar surface area (TPSA) is 0 Å². The molecule has 0 radical (unpaired) electrons. The first-order chi connectivity index (χ1) is 8.84. The third-order valence-corrected chi connectivity index (χ3v) is 6.61. The summed E-state index contributed by atoms with van der Waals surface area (Å²) >= 11 is 0. The van der Waals surface area contributed by atoms with Crippen LogP contribution in [0.25, 0.3) is 0 Å². The Hall–Kier alpha value is 0. The molecule has 0 aromatic rings. The van der Waals surface area contributed by atoms with E-state index in [4.69, 9.17) is 0 Å². The Labute approximate surface area is 114 Å². The summed E-state index contributed by atoms with van der Waals surface area (Å²) in [4.78, 5) is 0. The highest BCUT2D eigenvalue weighted by Gasteiger charge is 2.38. The van der Waals surface area contributed by atoms with E-state index in [1.165, 1.54) is 32.1 Å². The van der Waals surface area contributed by atoms with Crippen LogP contribution in [0.5, 0.6) is 0 Å². The Kier molecular flexibility index (Phi) is 4.31. The van der Waals surface area contributed by atoms with E-state index in [9.17, 15) is 0 Å². The Balaban J connectivity index is 1.52. The molecule has 3 rings (SSSR count). The molecule has 0 aromatic heterocycles. The van der Waals surface area contributed by atoms with E-state index in [1.54, 1.807) is 44.9 Å². The molecule has 0 saturated heterocycles. The second kappa shape index (κ2) is 5.97. The van der Waals surface area contributed by atoms with Gasteiger partial charge in [-0.2, -0.15) is 0 Å². The molecule has 0 aliphatic heterocycles. The summed E-state index contributed by atoms with van der Waals surface area (Å²) < 4.78 is 0. The molecular weight excluding hydrogens is 216 g/mol. The van der Waals surface area contributed by atoms with Gasteiger partial charge in [0.05, 0.1) is 0 Å². The quantitative estimate of drug-likeness (QED) is 0.591. The number of hydrogen-bond donors (Lipinski definition) is 0.